The molecule has 0 aliphatic carbocycles. The van der Waals surface area contributed by atoms with E-state index in [0.717, 1.165) is 0 Å². The van der Waals surface area contributed by atoms with Crippen molar-refractivity contribution in [3.05, 3.63) is 102 Å². The number of sulfone groups is 1. The number of amides is 7. The van der Waals surface area contributed by atoms with E-state index in [0.29, 0.717) is 17.5 Å². The molecule has 4 rings (SSSR count). The van der Waals surface area contributed by atoms with Gasteiger partial charge < -0.3 is 48.1 Å². The van der Waals surface area contributed by atoms with E-state index in [9.17, 15) is 51.9 Å². The van der Waals surface area contributed by atoms with Gasteiger partial charge in [0.05, 0.1) is 24.0 Å². The molecule has 3 aromatic rings. The van der Waals surface area contributed by atoms with Crippen LogP contribution in [0, 0.1) is 23.7 Å². The molecule has 11 N–H and O–H groups in total. The van der Waals surface area contributed by atoms with Crippen LogP contribution in [0.5, 0.6) is 0 Å². The van der Waals surface area contributed by atoms with Gasteiger partial charge in [-0.25, -0.2) is 8.42 Å². The molecule has 3 unspecified atom stereocenters. The lowest BCUT2D eigenvalue weighted by molar-refractivity contribution is -0.140. The first-order valence-corrected chi connectivity index (χ1v) is 27.5. The number of nitrogens with two attached hydrogens (primary N) is 1. The zero-order chi connectivity index (χ0) is 56.5. The molecule has 9 atom stereocenters. The molecule has 0 bridgehead atoms. The maximum absolute atomic E-state index is 14.6. The molecule has 1 heterocycles. The van der Waals surface area contributed by atoms with E-state index in [1.165, 1.54) is 13.0 Å². The first-order chi connectivity index (χ1) is 35.8. The van der Waals surface area contributed by atoms with Gasteiger partial charge in [-0.2, -0.15) is 0 Å². The van der Waals surface area contributed by atoms with Crippen molar-refractivity contribution in [2.24, 2.45) is 29.4 Å². The molecule has 0 aromatic heterocycles. The largest absolute Gasteiger partial charge is 0.480 e. The van der Waals surface area contributed by atoms with Crippen LogP contribution in [-0.4, -0.2) is 115 Å². The number of rotatable bonds is 28. The summed E-state index contributed by atoms with van der Waals surface area (Å²) in [5.74, 6) is -6.94. The lowest BCUT2D eigenvalue weighted by Crippen LogP contribution is -2.61. The van der Waals surface area contributed by atoms with Crippen molar-refractivity contribution in [2.75, 3.05) is 13.1 Å². The second-order valence-electron chi connectivity index (χ2n) is 21.0. The average molecular weight is 1070 g/mol. The fourth-order valence-corrected chi connectivity index (χ4v) is 11.0. The molecule has 1 aliphatic rings. The van der Waals surface area contributed by atoms with E-state index >= 15 is 0 Å². The van der Waals surface area contributed by atoms with Gasteiger partial charge in [-0.15, -0.1) is 0 Å². The molecule has 0 radical (unpaired) electrons. The summed E-state index contributed by atoms with van der Waals surface area (Å²) in [5, 5.41) is 32.2. The summed E-state index contributed by atoms with van der Waals surface area (Å²) in [4.78, 5) is 107. The summed E-state index contributed by atoms with van der Waals surface area (Å²) in [7, 11) is -4.21. The van der Waals surface area contributed by atoms with Gasteiger partial charge in [0.2, 0.25) is 41.4 Å². The summed E-state index contributed by atoms with van der Waals surface area (Å²) in [6, 6.07) is 15.8. The summed E-state index contributed by atoms with van der Waals surface area (Å²) < 4.78 is 28.5. The number of hydrogen-bond acceptors (Lipinski definition) is 12. The predicted molar refractivity (Wildman–Crippen MR) is 287 cm³/mol. The molecule has 0 fully saturated rings. The van der Waals surface area contributed by atoms with E-state index in [1.807, 2.05) is 34.6 Å². The standard InChI is InChI=1S/C55H79N9O11S/c1-10-35(8)48(62-45(65)30-56)53(71)59-39(25-32(2)3)49(67)57-31-46(66)58-40(27-36-19-13-11-14-20-36)51(69)63-47(34(6)7)52(70)60-41(28-37-21-15-12-16-22-37)50(68)61-43-29-55(9,64-42(54(72)73)26-33(4)5)76(74,75)44-24-18-17-23-38(43)44/h11-24,32-35,39-43,47-48,64H,10,25-31,56H2,1-9H3,(H,57,67)(H,58,66)(H,59,71)(H,60,70)(H,61,68)(H,62,65)(H,63,69)(H,72,73)/t35?,39-,40-,41-,42-,43?,47-,48-,55?/m0/s1. The highest BCUT2D eigenvalue weighted by Gasteiger charge is 2.50. The van der Waals surface area contributed by atoms with Crippen LogP contribution in [0.4, 0.5) is 0 Å². The minimum atomic E-state index is -4.21. The highest BCUT2D eigenvalue weighted by Crippen LogP contribution is 2.42. The van der Waals surface area contributed by atoms with Crippen LogP contribution in [0.25, 0.3) is 0 Å². The van der Waals surface area contributed by atoms with Crippen LogP contribution >= 0.6 is 0 Å². The van der Waals surface area contributed by atoms with Crippen LogP contribution in [0.15, 0.2) is 89.8 Å². The SMILES string of the molecule is CCC(C)[C@H](NC(=O)CN)C(=O)N[C@@H](CC(C)C)C(=O)NCC(=O)N[C@@H](Cc1ccccc1)C(=O)N[C@H](C(=O)N[C@@H](Cc1ccccc1)C(=O)NC1CC(C)(N[C@@H](CC(C)C)C(=O)O)S(=O)(=O)c2ccccc21)C(C)C. The Hall–Kier alpha value is -6.71. The summed E-state index contributed by atoms with van der Waals surface area (Å²) in [6.45, 7) is 14.9. The lowest BCUT2D eigenvalue weighted by Gasteiger charge is -2.41. The van der Waals surface area contributed by atoms with Gasteiger partial charge in [0.25, 0.3) is 0 Å². The number of aliphatic carboxylic acids is 1. The van der Waals surface area contributed by atoms with Crippen LogP contribution in [0.2, 0.25) is 0 Å². The lowest BCUT2D eigenvalue weighted by atomic mass is 9.95. The average Bonchev–Trinajstić information content (AvgIpc) is 3.37. The topological polar surface area (TPSA) is 313 Å². The van der Waals surface area contributed by atoms with Gasteiger partial charge in [0.1, 0.15) is 41.1 Å². The van der Waals surface area contributed by atoms with Crippen molar-refractivity contribution in [1.29, 1.82) is 0 Å². The van der Waals surface area contributed by atoms with Crippen molar-refractivity contribution in [1.82, 2.24) is 42.5 Å². The van der Waals surface area contributed by atoms with E-state index in [2.05, 4.69) is 42.5 Å². The number of benzene rings is 3. The number of carbonyl (C=O) groups excluding carboxylic acids is 7. The normalized spacial score (nSPS) is 18.6. The fraction of sp³-hybridized carbons (Fsp3) is 0.527. The van der Waals surface area contributed by atoms with Gasteiger partial charge in [-0.3, -0.25) is 43.7 Å². The summed E-state index contributed by atoms with van der Waals surface area (Å²) in [6.07, 6.45) is 0.591. The van der Waals surface area contributed by atoms with Crippen LogP contribution in [0.1, 0.15) is 111 Å². The summed E-state index contributed by atoms with van der Waals surface area (Å²) >= 11 is 0. The van der Waals surface area contributed by atoms with Crippen LogP contribution in [0.3, 0.4) is 0 Å². The molecule has 0 spiro atoms. The number of carboxylic acid groups (broad SMARTS) is 1. The van der Waals surface area contributed by atoms with Gasteiger partial charge in [-0.05, 0) is 66.2 Å². The quantitative estimate of drug-likeness (QED) is 0.0501. The number of carbonyl (C=O) groups is 8. The zero-order valence-corrected chi connectivity index (χ0v) is 45.9. The van der Waals surface area contributed by atoms with Gasteiger partial charge >= 0.3 is 5.97 Å². The van der Waals surface area contributed by atoms with Crippen molar-refractivity contribution in [3.8, 4) is 0 Å². The number of fused-ring (bicyclic) bond motifs is 1. The van der Waals surface area contributed by atoms with E-state index in [1.54, 1.807) is 99.6 Å². The Balaban J connectivity index is 1.57. The maximum atomic E-state index is 14.6. The van der Waals surface area contributed by atoms with Crippen molar-refractivity contribution < 1.29 is 51.9 Å². The molecular formula is C55H79N9O11S. The van der Waals surface area contributed by atoms with Gasteiger partial charge in [0, 0.05) is 19.3 Å². The Morgan fingerprint density at radius 2 is 1.13 bits per heavy atom. The third-order valence-corrected chi connectivity index (χ3v) is 15.9. The van der Waals surface area contributed by atoms with Crippen molar-refractivity contribution >= 4 is 57.2 Å². The first-order valence-electron chi connectivity index (χ1n) is 26.0. The Morgan fingerprint density at radius 3 is 1.66 bits per heavy atom. The molecule has 416 valence electrons. The molecule has 20 nitrogen and oxygen atoms in total. The molecule has 21 heteroatoms. The van der Waals surface area contributed by atoms with Crippen molar-refractivity contribution in [2.45, 2.75) is 153 Å². The minimum Gasteiger partial charge on any atom is -0.480 e. The second-order valence-corrected chi connectivity index (χ2v) is 23.4. The highest BCUT2D eigenvalue weighted by molar-refractivity contribution is 7.92. The monoisotopic (exact) mass is 1070 g/mol. The van der Waals surface area contributed by atoms with E-state index in [4.69, 9.17) is 5.73 Å². The van der Waals surface area contributed by atoms with Crippen molar-refractivity contribution in [3.63, 3.8) is 0 Å². The van der Waals surface area contributed by atoms with Crippen LogP contribution in [-0.2, 0) is 61.0 Å². The third-order valence-electron chi connectivity index (χ3n) is 13.4. The fourth-order valence-electron chi connectivity index (χ4n) is 9.07. The Labute approximate surface area is 446 Å². The minimum absolute atomic E-state index is 0.0156. The molecule has 1 aliphatic heterocycles. The predicted octanol–water partition coefficient (Wildman–Crippen LogP) is 2.56. The van der Waals surface area contributed by atoms with E-state index < -0.39 is 117 Å². The Bertz CT molecular complexity index is 2600. The Kier molecular flexibility index (Phi) is 23.1. The highest BCUT2D eigenvalue weighted by atomic mass is 32.2. The molecule has 0 saturated carbocycles. The smallest absolute Gasteiger partial charge is 0.320 e. The number of hydrogen-bond donors (Lipinski definition) is 10. The van der Waals surface area contributed by atoms with Gasteiger partial charge in [-0.1, -0.05) is 141 Å². The summed E-state index contributed by atoms with van der Waals surface area (Å²) in [5.41, 5.74) is 7.11. The molecular weight excluding hydrogens is 995 g/mol. The molecule has 76 heavy (non-hydrogen) atoms. The second kappa shape index (κ2) is 28.4. The Morgan fingerprint density at radius 1 is 0.618 bits per heavy atom. The number of nitrogens with one attached hydrogen (secondary N) is 8. The van der Waals surface area contributed by atoms with Crippen LogP contribution < -0.4 is 48.3 Å². The molecule has 3 aromatic carbocycles. The first kappa shape index (κ1) is 61.8. The third kappa shape index (κ3) is 17.4. The van der Waals surface area contributed by atoms with E-state index in [-0.39, 0.29) is 66.9 Å². The zero-order valence-electron chi connectivity index (χ0n) is 45.1. The molecule has 0 saturated heterocycles. The van der Waals surface area contributed by atoms with Gasteiger partial charge in [0.15, 0.2) is 9.84 Å². The molecule has 7 amide bonds. The number of carboxylic acids is 1. The maximum Gasteiger partial charge on any atom is 0.320 e.